The molecule has 0 aromatic carbocycles. The van der Waals surface area contributed by atoms with Crippen molar-refractivity contribution in [1.29, 1.82) is 0 Å². The second-order valence-electron chi connectivity index (χ2n) is 10.4. The summed E-state index contributed by atoms with van der Waals surface area (Å²) < 4.78 is 12.1. The Morgan fingerprint density at radius 2 is 1.58 bits per heavy atom. The number of aliphatic carboxylic acids is 1. The van der Waals surface area contributed by atoms with Gasteiger partial charge in [-0.3, -0.25) is 9.59 Å². The van der Waals surface area contributed by atoms with Crippen molar-refractivity contribution in [3.05, 3.63) is 23.2 Å². The highest BCUT2D eigenvalue weighted by Crippen LogP contribution is 2.20. The molecule has 0 radical (unpaired) electrons. The summed E-state index contributed by atoms with van der Waals surface area (Å²) in [6.07, 6.45) is 13.1. The summed E-state index contributed by atoms with van der Waals surface area (Å²) >= 11 is 0. The number of aryl methyl sites for hydroxylation is 3. The van der Waals surface area contributed by atoms with Crippen LogP contribution in [-0.4, -0.2) is 55.3 Å². The number of quaternary nitrogens is 1. The predicted octanol–water partition coefficient (Wildman–Crippen LogP) is 6.08. The summed E-state index contributed by atoms with van der Waals surface area (Å²) in [5.41, 5.74) is 1.28. The number of carboxylic acid groups (broad SMARTS) is 1. The van der Waals surface area contributed by atoms with E-state index in [0.29, 0.717) is 17.4 Å². The van der Waals surface area contributed by atoms with E-state index in [9.17, 15) is 9.59 Å². The fourth-order valence-corrected chi connectivity index (χ4v) is 4.14. The molecule has 1 heterocycles. The van der Waals surface area contributed by atoms with Crippen LogP contribution in [0.1, 0.15) is 101 Å². The monoisotopic (exact) mass is 466 g/mol. The highest BCUT2D eigenvalue weighted by Gasteiger charge is 2.24. The number of esters is 1. The molecule has 33 heavy (non-hydrogen) atoms. The van der Waals surface area contributed by atoms with E-state index in [-0.39, 0.29) is 12.4 Å². The van der Waals surface area contributed by atoms with Crippen LogP contribution in [0.3, 0.4) is 0 Å². The SMILES string of the molecule is CCCCCCc1cc(C)c(CCCCCCCCC(=O)OC(CC(=O)O)C[N+](C)(C)C)o1. The lowest BCUT2D eigenvalue weighted by Crippen LogP contribution is -2.43. The van der Waals surface area contributed by atoms with E-state index in [1.54, 1.807) is 0 Å². The summed E-state index contributed by atoms with van der Waals surface area (Å²) in [5, 5.41) is 9.05. The Kier molecular flexibility index (Phi) is 14.1. The maximum atomic E-state index is 12.1. The number of carbonyl (C=O) groups is 2. The number of carbonyl (C=O) groups excluding carboxylic acids is 1. The van der Waals surface area contributed by atoms with E-state index < -0.39 is 12.1 Å². The number of hydrogen-bond acceptors (Lipinski definition) is 4. The number of rotatable bonds is 19. The van der Waals surface area contributed by atoms with Crippen molar-refractivity contribution in [2.75, 3.05) is 27.7 Å². The smallest absolute Gasteiger partial charge is 0.307 e. The summed E-state index contributed by atoms with van der Waals surface area (Å²) in [6.45, 7) is 4.87. The van der Waals surface area contributed by atoms with Crippen LogP contribution in [0.15, 0.2) is 10.5 Å². The second kappa shape index (κ2) is 15.9. The molecule has 190 valence electrons. The minimum absolute atomic E-state index is 0.142. The number of carboxylic acids is 1. The zero-order chi connectivity index (χ0) is 24.7. The number of unbranched alkanes of at least 4 members (excludes halogenated alkanes) is 8. The Balaban J connectivity index is 2.15. The van der Waals surface area contributed by atoms with Crippen LogP contribution in [0.25, 0.3) is 0 Å². The van der Waals surface area contributed by atoms with Gasteiger partial charge in [-0.25, -0.2) is 0 Å². The molecule has 0 aliphatic carbocycles. The van der Waals surface area contributed by atoms with Gasteiger partial charge in [0.15, 0.2) is 6.10 Å². The predicted molar refractivity (Wildman–Crippen MR) is 132 cm³/mol. The van der Waals surface area contributed by atoms with E-state index in [0.717, 1.165) is 56.5 Å². The number of hydrogen-bond donors (Lipinski definition) is 1. The molecule has 1 aromatic heterocycles. The highest BCUT2D eigenvalue weighted by molar-refractivity contribution is 5.71. The third-order valence-corrected chi connectivity index (χ3v) is 5.83. The zero-order valence-corrected chi connectivity index (χ0v) is 21.8. The van der Waals surface area contributed by atoms with Gasteiger partial charge in [-0.2, -0.15) is 0 Å². The fourth-order valence-electron chi connectivity index (χ4n) is 4.14. The first-order chi connectivity index (χ1) is 15.6. The average molecular weight is 467 g/mol. The molecule has 1 rings (SSSR count). The molecule has 1 atom stereocenters. The second-order valence-corrected chi connectivity index (χ2v) is 10.4. The molecular weight excluding hydrogens is 418 g/mol. The number of ether oxygens (including phenoxy) is 1. The van der Waals surface area contributed by atoms with Crippen LogP contribution < -0.4 is 0 Å². The lowest BCUT2D eigenvalue weighted by Gasteiger charge is -2.28. The molecule has 0 bridgehead atoms. The number of likely N-dealkylation sites (N-methyl/N-ethyl adjacent to an activating group) is 1. The first-order valence-electron chi connectivity index (χ1n) is 12.9. The first-order valence-corrected chi connectivity index (χ1v) is 12.9. The minimum atomic E-state index is -0.936. The molecule has 6 nitrogen and oxygen atoms in total. The van der Waals surface area contributed by atoms with Crippen LogP contribution in [0.2, 0.25) is 0 Å². The molecule has 1 unspecified atom stereocenters. The number of nitrogens with zero attached hydrogens (tertiary/aromatic N) is 1. The van der Waals surface area contributed by atoms with Gasteiger partial charge in [0.05, 0.1) is 27.6 Å². The maximum Gasteiger partial charge on any atom is 0.307 e. The molecular formula is C27H48NO5+. The largest absolute Gasteiger partial charge is 0.481 e. The van der Waals surface area contributed by atoms with Gasteiger partial charge in [0.2, 0.25) is 0 Å². The standard InChI is InChI=1S/C27H47NO5/c1-6-7-8-13-16-23-19-22(2)25(32-23)17-14-11-9-10-12-15-18-27(31)33-24(20-26(29)30)21-28(3,4)5/h19,24H,6-18,20-21H2,1-5H3/p+1. The van der Waals surface area contributed by atoms with Crippen molar-refractivity contribution in [2.24, 2.45) is 0 Å². The molecule has 0 saturated carbocycles. The molecule has 6 heteroatoms. The van der Waals surface area contributed by atoms with Crippen LogP contribution >= 0.6 is 0 Å². The summed E-state index contributed by atoms with van der Waals surface area (Å²) in [5.74, 6) is 1.06. The summed E-state index contributed by atoms with van der Waals surface area (Å²) in [7, 11) is 5.89. The third-order valence-electron chi connectivity index (χ3n) is 5.83. The van der Waals surface area contributed by atoms with Gasteiger partial charge in [-0.1, -0.05) is 51.9 Å². The Labute approximate surface area is 201 Å². The Hall–Kier alpha value is -1.82. The molecule has 1 N–H and O–H groups in total. The summed E-state index contributed by atoms with van der Waals surface area (Å²) in [6, 6.07) is 2.21. The van der Waals surface area contributed by atoms with Gasteiger partial charge in [0, 0.05) is 19.3 Å². The van der Waals surface area contributed by atoms with Gasteiger partial charge in [0.25, 0.3) is 0 Å². The molecule has 0 amide bonds. The number of furan rings is 1. The minimum Gasteiger partial charge on any atom is -0.481 e. The van der Waals surface area contributed by atoms with E-state index >= 15 is 0 Å². The lowest BCUT2D eigenvalue weighted by atomic mass is 10.1. The van der Waals surface area contributed by atoms with Gasteiger partial charge >= 0.3 is 11.9 Å². The fraction of sp³-hybridized carbons (Fsp3) is 0.778. The van der Waals surface area contributed by atoms with Crippen molar-refractivity contribution in [2.45, 2.75) is 110 Å². The van der Waals surface area contributed by atoms with E-state index in [1.165, 1.54) is 37.7 Å². The quantitative estimate of drug-likeness (QED) is 0.152. The molecule has 0 aliphatic heterocycles. The molecule has 0 fully saturated rings. The zero-order valence-electron chi connectivity index (χ0n) is 21.8. The Morgan fingerprint density at radius 1 is 0.970 bits per heavy atom. The lowest BCUT2D eigenvalue weighted by molar-refractivity contribution is -0.873. The van der Waals surface area contributed by atoms with Crippen LogP contribution in [0.4, 0.5) is 0 Å². The van der Waals surface area contributed by atoms with Crippen molar-refractivity contribution in [3.8, 4) is 0 Å². The van der Waals surface area contributed by atoms with Crippen molar-refractivity contribution in [1.82, 2.24) is 0 Å². The van der Waals surface area contributed by atoms with Gasteiger partial charge in [0.1, 0.15) is 18.1 Å². The van der Waals surface area contributed by atoms with Crippen molar-refractivity contribution in [3.63, 3.8) is 0 Å². The van der Waals surface area contributed by atoms with E-state index in [1.807, 2.05) is 21.1 Å². The van der Waals surface area contributed by atoms with Crippen molar-refractivity contribution >= 4 is 11.9 Å². The van der Waals surface area contributed by atoms with Gasteiger partial charge in [-0.05, 0) is 37.8 Å². The Morgan fingerprint density at radius 3 is 2.21 bits per heavy atom. The van der Waals surface area contributed by atoms with Crippen LogP contribution in [-0.2, 0) is 27.2 Å². The first kappa shape index (κ1) is 29.2. The van der Waals surface area contributed by atoms with Gasteiger partial charge < -0.3 is 18.7 Å². The van der Waals surface area contributed by atoms with Crippen LogP contribution in [0, 0.1) is 6.92 Å². The topological polar surface area (TPSA) is 76.7 Å². The molecule has 0 spiro atoms. The molecule has 0 aliphatic rings. The van der Waals surface area contributed by atoms with E-state index in [2.05, 4.69) is 19.9 Å². The molecule has 0 saturated heterocycles. The van der Waals surface area contributed by atoms with Crippen molar-refractivity contribution < 1.29 is 28.3 Å². The molecule has 1 aromatic rings. The van der Waals surface area contributed by atoms with Crippen LogP contribution in [0.5, 0.6) is 0 Å². The highest BCUT2D eigenvalue weighted by atomic mass is 16.5. The Bertz CT molecular complexity index is 689. The normalized spacial score (nSPS) is 12.6. The average Bonchev–Trinajstić information content (AvgIpc) is 3.05. The third kappa shape index (κ3) is 14.8. The van der Waals surface area contributed by atoms with E-state index in [4.69, 9.17) is 14.3 Å². The van der Waals surface area contributed by atoms with Gasteiger partial charge in [-0.15, -0.1) is 0 Å². The summed E-state index contributed by atoms with van der Waals surface area (Å²) in [4.78, 5) is 23.1. The maximum absolute atomic E-state index is 12.1.